The second kappa shape index (κ2) is 10.5. The number of nitrogens with one attached hydrogen (secondary N) is 1. The number of alkyl halides is 3. The number of rotatable bonds is 4. The van der Waals surface area contributed by atoms with Crippen LogP contribution in [0.4, 0.5) is 24.9 Å². The molecule has 1 N–H and O–H groups in total. The fraction of sp³-hybridized carbons (Fsp3) is 0.500. The summed E-state index contributed by atoms with van der Waals surface area (Å²) in [5, 5.41) is 16.5. The average molecular weight is 574 g/mol. The number of hydrogen-bond donors (Lipinski definition) is 1. The van der Waals surface area contributed by atoms with Crippen LogP contribution in [0.3, 0.4) is 0 Å². The molecule has 2 atom stereocenters. The van der Waals surface area contributed by atoms with E-state index in [-0.39, 0.29) is 11.6 Å². The molecule has 5 heterocycles. The third-order valence-corrected chi connectivity index (χ3v) is 8.19. The fourth-order valence-corrected chi connectivity index (χ4v) is 6.23. The van der Waals surface area contributed by atoms with E-state index in [2.05, 4.69) is 31.3 Å². The van der Waals surface area contributed by atoms with E-state index in [1.807, 2.05) is 4.90 Å². The second-order valence-corrected chi connectivity index (χ2v) is 10.7. The molecular formula is C26H27ClF3N9O. The Morgan fingerprint density at radius 1 is 1.12 bits per heavy atom. The van der Waals surface area contributed by atoms with Crippen LogP contribution in [-0.2, 0) is 6.18 Å². The third kappa shape index (κ3) is 4.84. The first-order chi connectivity index (χ1) is 19.2. The molecule has 3 fully saturated rings. The van der Waals surface area contributed by atoms with Crippen molar-refractivity contribution in [2.45, 2.75) is 37.5 Å². The maximum Gasteiger partial charge on any atom is 0.419 e. The molecule has 1 aromatic carbocycles. The van der Waals surface area contributed by atoms with Crippen molar-refractivity contribution in [3.8, 4) is 11.8 Å². The Bertz CT molecular complexity index is 1540. The first-order valence-electron chi connectivity index (χ1n) is 13.2. The number of anilines is 2. The molecule has 210 valence electrons. The Morgan fingerprint density at radius 3 is 2.77 bits per heavy atom. The van der Waals surface area contributed by atoms with E-state index in [1.54, 1.807) is 0 Å². The van der Waals surface area contributed by atoms with E-state index in [9.17, 15) is 23.2 Å². The number of aromatic nitrogens is 4. The number of piperazine rings is 2. The SMILES string of the molecule is N#CCC1CN(c2nc(N3CCN4CCCC4C3)nc3c(=O)n(-c4cccc(Cl)c4C(F)(F)F)ncc23)CCN1. The highest BCUT2D eigenvalue weighted by Gasteiger charge is 2.38. The Hall–Kier alpha value is -3.47. The summed E-state index contributed by atoms with van der Waals surface area (Å²) in [6, 6.07) is 6.10. The standard InChI is InChI=1S/C26H27ClF3N9O/c27-19-4-1-5-20(21(19)26(28,29)30)39-24(40)22-18(13-33-39)23(37-10-8-32-16(14-37)6-7-31)35-25(34-22)38-12-11-36-9-2-3-17(36)15-38/h1,4-5,13,16-17,32H,2-3,6,8-12,14-15H2. The Balaban J connectivity index is 1.51. The van der Waals surface area contributed by atoms with E-state index in [1.165, 1.54) is 18.3 Å². The van der Waals surface area contributed by atoms with Gasteiger partial charge in [-0.05, 0) is 31.5 Å². The van der Waals surface area contributed by atoms with Gasteiger partial charge < -0.3 is 15.1 Å². The van der Waals surface area contributed by atoms with E-state index in [0.29, 0.717) is 67.0 Å². The minimum absolute atomic E-state index is 0.0210. The lowest BCUT2D eigenvalue weighted by Gasteiger charge is -2.38. The first-order valence-corrected chi connectivity index (χ1v) is 13.6. The maximum atomic E-state index is 14.0. The number of hydrogen-bond acceptors (Lipinski definition) is 9. The fourth-order valence-electron chi connectivity index (χ4n) is 5.96. The molecule has 2 unspecified atom stereocenters. The van der Waals surface area contributed by atoms with Gasteiger partial charge in [-0.3, -0.25) is 9.69 Å². The van der Waals surface area contributed by atoms with Crippen molar-refractivity contribution in [2.24, 2.45) is 0 Å². The van der Waals surface area contributed by atoms with Gasteiger partial charge in [-0.15, -0.1) is 0 Å². The molecule has 0 bridgehead atoms. The molecule has 0 radical (unpaired) electrons. The first kappa shape index (κ1) is 26.7. The van der Waals surface area contributed by atoms with Gasteiger partial charge in [-0.2, -0.15) is 33.2 Å². The zero-order valence-electron chi connectivity index (χ0n) is 21.5. The van der Waals surface area contributed by atoms with Gasteiger partial charge in [0.15, 0.2) is 0 Å². The largest absolute Gasteiger partial charge is 0.419 e. The highest BCUT2D eigenvalue weighted by Crippen LogP contribution is 2.38. The van der Waals surface area contributed by atoms with Crippen LogP contribution in [-0.4, -0.2) is 82.5 Å². The Kier molecular flexibility index (Phi) is 7.02. The molecule has 3 aliphatic rings. The van der Waals surface area contributed by atoms with Crippen LogP contribution in [0.5, 0.6) is 0 Å². The van der Waals surface area contributed by atoms with Gasteiger partial charge in [0.25, 0.3) is 5.56 Å². The molecule has 10 nitrogen and oxygen atoms in total. The van der Waals surface area contributed by atoms with Crippen LogP contribution in [0.1, 0.15) is 24.8 Å². The van der Waals surface area contributed by atoms with Crippen molar-refractivity contribution in [1.29, 1.82) is 5.26 Å². The minimum Gasteiger partial charge on any atom is -0.353 e. The smallest absolute Gasteiger partial charge is 0.353 e. The lowest BCUT2D eigenvalue weighted by atomic mass is 10.1. The van der Waals surface area contributed by atoms with Crippen molar-refractivity contribution in [1.82, 2.24) is 30.0 Å². The zero-order valence-corrected chi connectivity index (χ0v) is 22.3. The minimum atomic E-state index is -4.80. The van der Waals surface area contributed by atoms with Crippen LogP contribution in [0, 0.1) is 11.3 Å². The molecule has 0 spiro atoms. The van der Waals surface area contributed by atoms with Crippen molar-refractivity contribution in [2.75, 3.05) is 55.6 Å². The average Bonchev–Trinajstić information content (AvgIpc) is 3.40. The number of nitrogens with zero attached hydrogens (tertiary/aromatic N) is 8. The topological polar surface area (TPSA) is 106 Å². The highest BCUT2D eigenvalue weighted by atomic mass is 35.5. The van der Waals surface area contributed by atoms with Crippen LogP contribution >= 0.6 is 11.6 Å². The zero-order chi connectivity index (χ0) is 28.0. The summed E-state index contributed by atoms with van der Waals surface area (Å²) in [6.07, 6.45) is -0.969. The van der Waals surface area contributed by atoms with Crippen LogP contribution in [0.15, 0.2) is 29.2 Å². The van der Waals surface area contributed by atoms with Crippen molar-refractivity contribution in [3.63, 3.8) is 0 Å². The molecule has 3 aliphatic heterocycles. The molecule has 0 saturated carbocycles. The van der Waals surface area contributed by atoms with Gasteiger partial charge in [-0.1, -0.05) is 17.7 Å². The molecule has 2 aromatic heterocycles. The molecule has 3 aromatic rings. The van der Waals surface area contributed by atoms with Crippen molar-refractivity contribution in [3.05, 3.63) is 45.3 Å². The molecule has 14 heteroatoms. The summed E-state index contributed by atoms with van der Waals surface area (Å²) < 4.78 is 42.6. The normalized spacial score (nSPS) is 22.0. The summed E-state index contributed by atoms with van der Waals surface area (Å²) in [5.41, 5.74) is -2.42. The monoisotopic (exact) mass is 573 g/mol. The second-order valence-electron chi connectivity index (χ2n) is 10.3. The molecule has 6 rings (SSSR count). The van der Waals surface area contributed by atoms with Gasteiger partial charge in [0.2, 0.25) is 5.95 Å². The van der Waals surface area contributed by atoms with Crippen molar-refractivity contribution >= 4 is 34.3 Å². The third-order valence-electron chi connectivity index (χ3n) is 7.88. The number of fused-ring (bicyclic) bond motifs is 2. The van der Waals surface area contributed by atoms with E-state index in [4.69, 9.17) is 16.6 Å². The van der Waals surface area contributed by atoms with Gasteiger partial charge in [-0.25, -0.2) is 4.98 Å². The van der Waals surface area contributed by atoms with Crippen molar-refractivity contribution < 1.29 is 13.2 Å². The lowest BCUT2D eigenvalue weighted by molar-refractivity contribution is -0.137. The summed E-state index contributed by atoms with van der Waals surface area (Å²) >= 11 is 5.94. The van der Waals surface area contributed by atoms with Gasteiger partial charge in [0.1, 0.15) is 11.3 Å². The summed E-state index contributed by atoms with van der Waals surface area (Å²) in [6.45, 7) is 4.93. The lowest BCUT2D eigenvalue weighted by Crippen LogP contribution is -2.52. The van der Waals surface area contributed by atoms with Gasteiger partial charge in [0, 0.05) is 51.4 Å². The molecule has 3 saturated heterocycles. The summed E-state index contributed by atoms with van der Waals surface area (Å²) in [5.74, 6) is 0.846. The van der Waals surface area contributed by atoms with E-state index in [0.717, 1.165) is 32.0 Å². The van der Waals surface area contributed by atoms with E-state index >= 15 is 0 Å². The summed E-state index contributed by atoms with van der Waals surface area (Å²) in [4.78, 5) is 29.9. The molecule has 40 heavy (non-hydrogen) atoms. The predicted molar refractivity (Wildman–Crippen MR) is 144 cm³/mol. The number of halogens is 4. The predicted octanol–water partition coefficient (Wildman–Crippen LogP) is 2.82. The molecular weight excluding hydrogens is 547 g/mol. The summed E-state index contributed by atoms with van der Waals surface area (Å²) in [7, 11) is 0. The highest BCUT2D eigenvalue weighted by molar-refractivity contribution is 6.31. The van der Waals surface area contributed by atoms with Gasteiger partial charge in [0.05, 0.1) is 40.3 Å². The quantitative estimate of drug-likeness (QED) is 0.504. The number of benzene rings is 1. The number of nitriles is 1. The van der Waals surface area contributed by atoms with Gasteiger partial charge >= 0.3 is 6.18 Å². The van der Waals surface area contributed by atoms with Crippen LogP contribution < -0.4 is 20.7 Å². The Labute approximate surface area is 233 Å². The molecule has 0 amide bonds. The van der Waals surface area contributed by atoms with Crippen LogP contribution in [0.25, 0.3) is 16.6 Å². The Morgan fingerprint density at radius 2 is 1.98 bits per heavy atom. The maximum absolute atomic E-state index is 14.0. The molecule has 0 aliphatic carbocycles. The van der Waals surface area contributed by atoms with Crippen LogP contribution in [0.2, 0.25) is 5.02 Å². The van der Waals surface area contributed by atoms with E-state index < -0.39 is 28.0 Å².